The molecule has 0 aliphatic carbocycles. The van der Waals surface area contributed by atoms with Gasteiger partial charge in [0.15, 0.2) is 0 Å². The van der Waals surface area contributed by atoms with Crippen molar-refractivity contribution >= 4 is 17.0 Å². The van der Waals surface area contributed by atoms with Crippen LogP contribution in [0.5, 0.6) is 0 Å². The van der Waals surface area contributed by atoms with Crippen molar-refractivity contribution < 1.29 is 28.8 Å². The van der Waals surface area contributed by atoms with E-state index in [4.69, 9.17) is 0 Å². The molecule has 1 heterocycles. The first-order chi connectivity index (χ1) is 8.99. The Bertz CT molecular complexity index is 620. The number of hydrogen-bond donors (Lipinski definition) is 0. The monoisotopic (exact) mass is 266 g/mol. The van der Waals surface area contributed by atoms with Crippen LogP contribution in [0, 0.1) is 20.8 Å². The Morgan fingerprint density at radius 3 is 2.60 bits per heavy atom. The number of imidazole rings is 1. The van der Waals surface area contributed by atoms with Crippen molar-refractivity contribution in [1.82, 2.24) is 9.55 Å². The maximum atomic E-state index is 10.4. The number of aryl methyl sites for hydroxylation is 4. The Hall–Kier alpha value is -1.24. The molecule has 0 unspecified atom stereocenters. The maximum absolute atomic E-state index is 10.4. The van der Waals surface area contributed by atoms with Crippen LogP contribution >= 0.6 is 0 Å². The van der Waals surface area contributed by atoms with Gasteiger partial charge in [0.05, 0.1) is 11.0 Å². The van der Waals surface area contributed by atoms with Crippen molar-refractivity contribution in [1.29, 1.82) is 0 Å². The number of aliphatic carboxylic acids is 1. The van der Waals surface area contributed by atoms with E-state index in [1.807, 2.05) is 6.92 Å². The molecule has 0 spiro atoms. The molecule has 0 saturated heterocycles. The molecule has 1 aromatic heterocycles. The second kappa shape index (κ2) is 6.96. The molecule has 0 fully saturated rings. The fourth-order valence-corrected chi connectivity index (χ4v) is 2.51. The SMILES string of the molecule is Cc1cc(C)c2nc(C)n(CCCCC(=O)[O-])c2c1.[Li+]. The van der Waals surface area contributed by atoms with E-state index in [2.05, 4.69) is 35.5 Å². The molecule has 0 N–H and O–H groups in total. The summed E-state index contributed by atoms with van der Waals surface area (Å²) >= 11 is 0. The topological polar surface area (TPSA) is 58.0 Å². The number of rotatable bonds is 5. The van der Waals surface area contributed by atoms with Crippen LogP contribution < -0.4 is 24.0 Å². The molecule has 0 amide bonds. The molecule has 2 rings (SSSR count). The number of carbonyl (C=O) groups is 1. The molecule has 2 aromatic rings. The average molecular weight is 266 g/mol. The van der Waals surface area contributed by atoms with Crippen molar-refractivity contribution in [2.45, 2.75) is 46.6 Å². The van der Waals surface area contributed by atoms with Gasteiger partial charge in [-0.2, -0.15) is 0 Å². The van der Waals surface area contributed by atoms with E-state index < -0.39 is 5.97 Å². The summed E-state index contributed by atoms with van der Waals surface area (Å²) in [4.78, 5) is 15.0. The van der Waals surface area contributed by atoms with Gasteiger partial charge < -0.3 is 14.5 Å². The summed E-state index contributed by atoms with van der Waals surface area (Å²) in [6.45, 7) is 6.95. The summed E-state index contributed by atoms with van der Waals surface area (Å²) < 4.78 is 2.17. The predicted molar refractivity (Wildman–Crippen MR) is 72.8 cm³/mol. The number of carboxylic acid groups (broad SMARTS) is 1. The largest absolute Gasteiger partial charge is 1.00 e. The molecule has 1 aromatic carbocycles. The number of nitrogens with zero attached hydrogens (tertiary/aromatic N) is 2. The Morgan fingerprint density at radius 1 is 1.25 bits per heavy atom. The molecule has 0 radical (unpaired) electrons. The second-order valence-corrected chi connectivity index (χ2v) is 5.09. The van der Waals surface area contributed by atoms with Crippen LogP contribution in [0.4, 0.5) is 0 Å². The summed E-state index contributed by atoms with van der Waals surface area (Å²) in [7, 11) is 0. The zero-order valence-corrected chi connectivity index (χ0v) is 12.7. The molecule has 5 heteroatoms. The summed E-state index contributed by atoms with van der Waals surface area (Å²) in [6.07, 6.45) is 1.60. The normalized spacial score (nSPS) is 10.6. The third-order valence-corrected chi connectivity index (χ3v) is 3.39. The van der Waals surface area contributed by atoms with E-state index in [-0.39, 0.29) is 25.3 Å². The molecule has 0 aliphatic heterocycles. The number of aromatic nitrogens is 2. The molecule has 0 aliphatic rings. The Balaban J connectivity index is 0.00000200. The van der Waals surface area contributed by atoms with E-state index in [0.29, 0.717) is 6.42 Å². The van der Waals surface area contributed by atoms with Crippen molar-refractivity contribution in [3.05, 3.63) is 29.1 Å². The van der Waals surface area contributed by atoms with Crippen LogP contribution in [0.2, 0.25) is 0 Å². The quantitative estimate of drug-likeness (QED) is 0.509. The van der Waals surface area contributed by atoms with Crippen LogP contribution in [-0.2, 0) is 11.3 Å². The number of hydrogen-bond acceptors (Lipinski definition) is 3. The number of carbonyl (C=O) groups excluding carboxylic acids is 1. The predicted octanol–water partition coefficient (Wildman–Crippen LogP) is -1.11. The first-order valence-electron chi connectivity index (χ1n) is 6.63. The van der Waals surface area contributed by atoms with Crippen LogP contribution in [0.1, 0.15) is 36.2 Å². The zero-order valence-electron chi connectivity index (χ0n) is 12.7. The third kappa shape index (κ3) is 3.65. The minimum absolute atomic E-state index is 0. The first kappa shape index (κ1) is 16.8. The second-order valence-electron chi connectivity index (χ2n) is 5.09. The van der Waals surface area contributed by atoms with Crippen LogP contribution in [0.3, 0.4) is 0 Å². The van der Waals surface area contributed by atoms with E-state index in [9.17, 15) is 9.90 Å². The Morgan fingerprint density at radius 2 is 1.95 bits per heavy atom. The van der Waals surface area contributed by atoms with Gasteiger partial charge in [0.2, 0.25) is 0 Å². The van der Waals surface area contributed by atoms with Gasteiger partial charge in [-0.25, -0.2) is 4.98 Å². The van der Waals surface area contributed by atoms with Crippen molar-refractivity contribution in [2.24, 2.45) is 0 Å². The molecule has 0 bridgehead atoms. The zero-order chi connectivity index (χ0) is 14.0. The fourth-order valence-electron chi connectivity index (χ4n) is 2.51. The summed E-state index contributed by atoms with van der Waals surface area (Å²) in [5.41, 5.74) is 4.60. The van der Waals surface area contributed by atoms with Crippen LogP contribution in [-0.4, -0.2) is 15.5 Å². The fraction of sp³-hybridized carbons (Fsp3) is 0.467. The van der Waals surface area contributed by atoms with Gasteiger partial charge >= 0.3 is 18.9 Å². The van der Waals surface area contributed by atoms with E-state index >= 15 is 0 Å². The molecule has 0 atom stereocenters. The third-order valence-electron chi connectivity index (χ3n) is 3.39. The van der Waals surface area contributed by atoms with Gasteiger partial charge in [-0.3, -0.25) is 0 Å². The van der Waals surface area contributed by atoms with Crippen molar-refractivity contribution in [3.63, 3.8) is 0 Å². The molecule has 0 saturated carbocycles. The van der Waals surface area contributed by atoms with Gasteiger partial charge in [0.25, 0.3) is 0 Å². The van der Waals surface area contributed by atoms with Gasteiger partial charge in [0.1, 0.15) is 5.82 Å². The minimum atomic E-state index is -0.973. The van der Waals surface area contributed by atoms with E-state index in [0.717, 1.165) is 29.8 Å². The Kier molecular flexibility index (Phi) is 5.85. The average Bonchev–Trinajstić information content (AvgIpc) is 2.62. The standard InChI is InChI=1S/C15H20N2O2.Li/c1-10-8-11(2)15-13(9-10)17(12(3)16-15)7-5-4-6-14(18)19;/h8-9H,4-7H2,1-3H3,(H,18,19);/q;+1/p-1. The Labute approximate surface area is 131 Å². The molecule has 20 heavy (non-hydrogen) atoms. The first-order valence-corrected chi connectivity index (χ1v) is 6.63. The molecular weight excluding hydrogens is 247 g/mol. The summed E-state index contributed by atoms with van der Waals surface area (Å²) in [6, 6.07) is 4.27. The summed E-state index contributed by atoms with van der Waals surface area (Å²) in [5.74, 6) is 0.0102. The number of fused-ring (bicyclic) bond motifs is 1. The van der Waals surface area contributed by atoms with E-state index in [1.165, 1.54) is 11.1 Å². The van der Waals surface area contributed by atoms with Crippen molar-refractivity contribution in [2.75, 3.05) is 0 Å². The summed E-state index contributed by atoms with van der Waals surface area (Å²) in [5, 5.41) is 10.4. The van der Waals surface area contributed by atoms with E-state index in [1.54, 1.807) is 0 Å². The molecule has 102 valence electrons. The van der Waals surface area contributed by atoms with Crippen molar-refractivity contribution in [3.8, 4) is 0 Å². The molecular formula is C15H19LiN2O2. The van der Waals surface area contributed by atoms with Crippen LogP contribution in [0.25, 0.3) is 11.0 Å². The van der Waals surface area contributed by atoms with Gasteiger partial charge in [0, 0.05) is 12.5 Å². The van der Waals surface area contributed by atoms with Crippen LogP contribution in [0.15, 0.2) is 12.1 Å². The molecule has 4 nitrogen and oxygen atoms in total. The van der Waals surface area contributed by atoms with Gasteiger partial charge in [-0.1, -0.05) is 6.07 Å². The minimum Gasteiger partial charge on any atom is -0.550 e. The maximum Gasteiger partial charge on any atom is 1.00 e. The van der Waals surface area contributed by atoms with Gasteiger partial charge in [-0.15, -0.1) is 0 Å². The van der Waals surface area contributed by atoms with Gasteiger partial charge in [-0.05, 0) is 57.2 Å². The number of unbranched alkanes of at least 4 members (excludes halogenated alkanes) is 1. The number of carboxylic acids is 1. The number of benzene rings is 1. The smallest absolute Gasteiger partial charge is 0.550 e.